The van der Waals surface area contributed by atoms with Crippen LogP contribution in [0.25, 0.3) is 6.08 Å². The lowest BCUT2D eigenvalue weighted by molar-refractivity contribution is -0.128. The molecule has 1 aromatic carbocycles. The van der Waals surface area contributed by atoms with E-state index >= 15 is 0 Å². The molecule has 0 spiro atoms. The van der Waals surface area contributed by atoms with Crippen molar-refractivity contribution in [2.75, 3.05) is 25.9 Å². The summed E-state index contributed by atoms with van der Waals surface area (Å²) in [6.07, 6.45) is 1.84. The highest BCUT2D eigenvalue weighted by Gasteiger charge is 2.29. The quantitative estimate of drug-likeness (QED) is 0.734. The summed E-state index contributed by atoms with van der Waals surface area (Å²) in [6, 6.07) is 4.53. The van der Waals surface area contributed by atoms with E-state index in [-0.39, 0.29) is 17.3 Å². The van der Waals surface area contributed by atoms with Gasteiger partial charge < -0.3 is 4.90 Å². The minimum absolute atomic E-state index is 0.0521. The number of halogens is 1. The van der Waals surface area contributed by atoms with Gasteiger partial charge in [0, 0.05) is 24.7 Å². The van der Waals surface area contributed by atoms with Crippen LogP contribution in [0.4, 0.5) is 4.39 Å². The molecule has 1 aromatic heterocycles. The average Bonchev–Trinajstić information content (AvgIpc) is 3.24. The summed E-state index contributed by atoms with van der Waals surface area (Å²) >= 11 is 3.06. The smallest absolute Gasteiger partial charge is 0.243 e. The van der Waals surface area contributed by atoms with Crippen molar-refractivity contribution in [1.82, 2.24) is 14.2 Å². The Morgan fingerprint density at radius 2 is 2.07 bits per heavy atom. The predicted octanol–water partition coefficient (Wildman–Crippen LogP) is 2.79. The number of aromatic nitrogens is 1. The third-order valence-corrected chi connectivity index (χ3v) is 7.55. The van der Waals surface area contributed by atoms with Gasteiger partial charge in [0.1, 0.15) is 5.82 Å². The summed E-state index contributed by atoms with van der Waals surface area (Å²) in [5, 5.41) is 3.61. The van der Waals surface area contributed by atoms with Gasteiger partial charge in [0.2, 0.25) is 15.9 Å². The van der Waals surface area contributed by atoms with Crippen molar-refractivity contribution < 1.29 is 17.6 Å². The minimum Gasteiger partial charge on any atom is -0.305 e. The molecule has 6 nitrogen and oxygen atoms in total. The molecule has 0 saturated carbocycles. The molecule has 1 aliphatic rings. The number of nitrogens with zero attached hydrogens (tertiary/aromatic N) is 3. The Balaban J connectivity index is 1.73. The lowest BCUT2D eigenvalue weighted by Crippen LogP contribution is -2.39. The van der Waals surface area contributed by atoms with E-state index in [4.69, 9.17) is 0 Å². The molecule has 0 unspecified atom stereocenters. The van der Waals surface area contributed by atoms with Crippen molar-refractivity contribution in [3.8, 4) is 0 Å². The number of rotatable bonds is 5. The van der Waals surface area contributed by atoms with Crippen LogP contribution in [0, 0.1) is 12.7 Å². The Hall–Kier alpha value is -1.75. The van der Waals surface area contributed by atoms with Crippen LogP contribution >= 0.6 is 23.1 Å². The van der Waals surface area contributed by atoms with Crippen molar-refractivity contribution in [2.45, 2.75) is 11.8 Å². The van der Waals surface area contributed by atoms with E-state index in [9.17, 15) is 17.6 Å². The fourth-order valence-electron chi connectivity index (χ4n) is 2.52. The van der Waals surface area contributed by atoms with Crippen molar-refractivity contribution >= 4 is 45.1 Å². The first kappa shape index (κ1) is 20.0. The molecular weight excluding hydrogens is 409 g/mol. The van der Waals surface area contributed by atoms with Crippen LogP contribution < -0.4 is 0 Å². The van der Waals surface area contributed by atoms with Gasteiger partial charge in [-0.15, -0.1) is 23.1 Å². The number of likely N-dealkylation sites (N-methyl/N-ethyl adjacent to an activating group) is 1. The number of carbonyl (C=O) groups excluding carboxylic acids is 1. The highest BCUT2D eigenvalue weighted by molar-refractivity contribution is 8.03. The summed E-state index contributed by atoms with van der Waals surface area (Å²) in [5.41, 5.74) is 0.784. The van der Waals surface area contributed by atoms with Crippen molar-refractivity contribution in [2.24, 2.45) is 0 Å². The molecule has 144 valence electrons. The van der Waals surface area contributed by atoms with E-state index in [1.165, 1.54) is 42.3 Å². The topological polar surface area (TPSA) is 70.6 Å². The van der Waals surface area contributed by atoms with Gasteiger partial charge in [0.15, 0.2) is 0 Å². The Morgan fingerprint density at radius 1 is 1.37 bits per heavy atom. The van der Waals surface area contributed by atoms with Crippen LogP contribution in [-0.2, 0) is 14.8 Å². The number of hydrogen-bond donors (Lipinski definition) is 0. The van der Waals surface area contributed by atoms with Crippen LogP contribution in [0.15, 0.2) is 39.6 Å². The van der Waals surface area contributed by atoms with E-state index in [2.05, 4.69) is 4.98 Å². The van der Waals surface area contributed by atoms with Crippen molar-refractivity contribution in [3.63, 3.8) is 0 Å². The van der Waals surface area contributed by atoms with Crippen molar-refractivity contribution in [1.29, 1.82) is 0 Å². The second-order valence-corrected chi connectivity index (χ2v) is 10.1. The monoisotopic (exact) mass is 427 g/mol. The third-order valence-electron chi connectivity index (χ3n) is 3.92. The number of carbonyl (C=O) groups is 1. The lowest BCUT2D eigenvalue weighted by Gasteiger charge is -2.21. The number of hydrogen-bond acceptors (Lipinski definition) is 6. The van der Waals surface area contributed by atoms with Gasteiger partial charge in [-0.1, -0.05) is 0 Å². The summed E-state index contributed by atoms with van der Waals surface area (Å²) in [7, 11) is -2.53. The van der Waals surface area contributed by atoms with Gasteiger partial charge in [-0.2, -0.15) is 4.31 Å². The zero-order valence-electron chi connectivity index (χ0n) is 14.8. The van der Waals surface area contributed by atoms with Crippen LogP contribution in [0.2, 0.25) is 0 Å². The minimum atomic E-state index is -3.87. The van der Waals surface area contributed by atoms with E-state index in [1.807, 2.05) is 18.4 Å². The fraction of sp³-hybridized carbons (Fsp3) is 0.294. The fourth-order valence-corrected chi connectivity index (χ4v) is 5.24. The number of benzene rings is 1. The molecule has 10 heteroatoms. The van der Waals surface area contributed by atoms with Crippen LogP contribution in [-0.4, -0.2) is 54.4 Å². The Labute approximate surface area is 165 Å². The number of aryl methyl sites for hydroxylation is 1. The molecule has 0 atom stereocenters. The van der Waals surface area contributed by atoms with Crippen LogP contribution in [0.5, 0.6) is 0 Å². The van der Waals surface area contributed by atoms with Gasteiger partial charge in [-0.05, 0) is 37.3 Å². The average molecular weight is 428 g/mol. The zero-order chi connectivity index (χ0) is 19.6. The highest BCUT2D eigenvalue weighted by atomic mass is 32.2. The molecule has 1 aliphatic heterocycles. The second kappa shape index (κ2) is 8.09. The summed E-state index contributed by atoms with van der Waals surface area (Å²) in [5.74, 6) is -0.0880. The second-order valence-electron chi connectivity index (χ2n) is 5.88. The molecule has 0 radical (unpaired) electrons. The number of thioether (sulfide) groups is 1. The Kier molecular flexibility index (Phi) is 5.99. The number of amides is 1. The van der Waals surface area contributed by atoms with E-state index in [0.717, 1.165) is 37.9 Å². The number of sulfonamides is 1. The normalized spacial score (nSPS) is 16.4. The third kappa shape index (κ3) is 4.57. The van der Waals surface area contributed by atoms with E-state index in [1.54, 1.807) is 4.90 Å². The lowest BCUT2D eigenvalue weighted by atomic mass is 10.4. The van der Waals surface area contributed by atoms with Crippen LogP contribution in [0.1, 0.15) is 10.7 Å². The predicted molar refractivity (Wildman–Crippen MR) is 105 cm³/mol. The molecule has 0 bridgehead atoms. The standard InChI is InChI=1S/C17H18FN3O3S3/c1-12-19-14(11-26-12)9-17-21(7-8-25-17)16(22)10-20(2)27(23,24)15-5-3-13(18)4-6-15/h3-6,9,11H,7-8,10H2,1-2H3/b17-9+. The SMILES string of the molecule is Cc1nc(/C=C2/SCCN2C(=O)CN(C)S(=O)(=O)c2ccc(F)cc2)cs1. The van der Waals surface area contributed by atoms with Gasteiger partial charge >= 0.3 is 0 Å². The highest BCUT2D eigenvalue weighted by Crippen LogP contribution is 2.30. The zero-order valence-corrected chi connectivity index (χ0v) is 17.2. The maximum absolute atomic E-state index is 13.0. The molecule has 2 heterocycles. The molecule has 0 N–H and O–H groups in total. The van der Waals surface area contributed by atoms with Gasteiger partial charge in [-0.3, -0.25) is 4.79 Å². The largest absolute Gasteiger partial charge is 0.305 e. The Morgan fingerprint density at radius 3 is 2.70 bits per heavy atom. The molecule has 27 heavy (non-hydrogen) atoms. The van der Waals surface area contributed by atoms with Gasteiger partial charge in [0.25, 0.3) is 0 Å². The first-order chi connectivity index (χ1) is 12.8. The van der Waals surface area contributed by atoms with E-state index < -0.39 is 15.8 Å². The van der Waals surface area contributed by atoms with Gasteiger partial charge in [-0.25, -0.2) is 17.8 Å². The first-order valence-electron chi connectivity index (χ1n) is 8.06. The first-order valence-corrected chi connectivity index (χ1v) is 11.4. The van der Waals surface area contributed by atoms with E-state index in [0.29, 0.717) is 6.54 Å². The molecule has 0 aliphatic carbocycles. The molecule has 2 aromatic rings. The number of thiazole rings is 1. The van der Waals surface area contributed by atoms with Gasteiger partial charge in [0.05, 0.1) is 27.2 Å². The molecule has 1 amide bonds. The maximum Gasteiger partial charge on any atom is 0.243 e. The summed E-state index contributed by atoms with van der Waals surface area (Å²) < 4.78 is 39.2. The maximum atomic E-state index is 13.0. The summed E-state index contributed by atoms with van der Waals surface area (Å²) in [6.45, 7) is 2.13. The Bertz CT molecular complexity index is 971. The molecule has 1 fully saturated rings. The van der Waals surface area contributed by atoms with Crippen LogP contribution in [0.3, 0.4) is 0 Å². The molecule has 1 saturated heterocycles. The molecule has 3 rings (SSSR count). The summed E-state index contributed by atoms with van der Waals surface area (Å²) in [4.78, 5) is 18.6. The van der Waals surface area contributed by atoms with Crippen molar-refractivity contribution in [3.05, 3.63) is 51.2 Å². The molecular formula is C17H18FN3O3S3.